The average molecular weight is 516 g/mol. The van der Waals surface area contributed by atoms with E-state index in [1.165, 1.54) is 17.4 Å². The van der Waals surface area contributed by atoms with Gasteiger partial charge in [-0.15, -0.1) is 11.3 Å². The molecule has 1 aromatic carbocycles. The second-order valence-electron chi connectivity index (χ2n) is 8.60. The molecule has 2 atom stereocenters. The van der Waals surface area contributed by atoms with Crippen molar-refractivity contribution in [3.8, 4) is 10.4 Å². The van der Waals surface area contributed by atoms with Gasteiger partial charge in [0.25, 0.3) is 5.91 Å². The van der Waals surface area contributed by atoms with Gasteiger partial charge in [-0.05, 0) is 36.6 Å². The number of carbonyl (C=O) groups is 1. The number of hydrogen-bond acceptors (Lipinski definition) is 9. The normalized spacial score (nSPS) is 17.2. The van der Waals surface area contributed by atoms with Crippen LogP contribution in [0.3, 0.4) is 0 Å². The number of halogens is 1. The molecule has 1 saturated heterocycles. The van der Waals surface area contributed by atoms with Crippen molar-refractivity contribution in [2.75, 3.05) is 31.6 Å². The molecule has 4 rings (SSSR count). The molecule has 2 aromatic heterocycles. The number of amides is 1. The minimum atomic E-state index is -0.736. The van der Waals surface area contributed by atoms with E-state index in [2.05, 4.69) is 20.2 Å². The minimum Gasteiger partial charge on any atom is -0.396 e. The van der Waals surface area contributed by atoms with Crippen LogP contribution in [0.15, 0.2) is 36.5 Å². The summed E-state index contributed by atoms with van der Waals surface area (Å²) in [5, 5.41) is 22.8. The first-order chi connectivity index (χ1) is 17.4. The van der Waals surface area contributed by atoms with Crippen LogP contribution in [-0.4, -0.2) is 63.4 Å². The standard InChI is InChI=1S/C25H30FN5O4S/c1-2-20(33)15-3-4-17(19(26)11-15)21-12-18(24(27)34)25(36-21)30-22-5-7-28-23(29-22)14-31-8-10-35-16(13-31)6-9-32/h3-5,7,11-12,16,20,32-33H,2,6,8-10,13-14H2,1H3,(H2,27,34)(H,28,29,30). The van der Waals surface area contributed by atoms with E-state index in [-0.39, 0.29) is 18.3 Å². The number of aromatic nitrogens is 2. The van der Waals surface area contributed by atoms with E-state index in [4.69, 9.17) is 10.5 Å². The summed E-state index contributed by atoms with van der Waals surface area (Å²) in [6.45, 7) is 4.41. The number of aliphatic hydroxyl groups excluding tert-OH is 2. The van der Waals surface area contributed by atoms with E-state index in [0.717, 1.165) is 6.54 Å². The summed E-state index contributed by atoms with van der Waals surface area (Å²) in [5.41, 5.74) is 6.65. The van der Waals surface area contributed by atoms with Crippen LogP contribution in [0.4, 0.5) is 15.2 Å². The fourth-order valence-electron chi connectivity index (χ4n) is 4.08. The van der Waals surface area contributed by atoms with E-state index >= 15 is 0 Å². The molecule has 0 radical (unpaired) electrons. The third kappa shape index (κ3) is 6.23. The van der Waals surface area contributed by atoms with E-state index < -0.39 is 17.8 Å². The lowest BCUT2D eigenvalue weighted by Crippen LogP contribution is -2.42. The molecule has 0 bridgehead atoms. The molecule has 9 nitrogen and oxygen atoms in total. The number of ether oxygens (including phenoxy) is 1. The smallest absolute Gasteiger partial charge is 0.251 e. The Morgan fingerprint density at radius 1 is 1.39 bits per heavy atom. The van der Waals surface area contributed by atoms with Crippen LogP contribution < -0.4 is 11.1 Å². The number of nitrogens with zero attached hydrogens (tertiary/aromatic N) is 3. The van der Waals surface area contributed by atoms with Crippen molar-refractivity contribution in [3.05, 3.63) is 59.3 Å². The number of carbonyl (C=O) groups excluding carboxylic acids is 1. The topological polar surface area (TPSA) is 134 Å². The van der Waals surface area contributed by atoms with Crippen LogP contribution in [0.2, 0.25) is 0 Å². The first-order valence-electron chi connectivity index (χ1n) is 11.8. The Labute approximate surface area is 212 Å². The molecule has 3 heterocycles. The van der Waals surface area contributed by atoms with Crippen molar-refractivity contribution >= 4 is 28.1 Å². The second kappa shape index (κ2) is 11.8. The first-order valence-corrected chi connectivity index (χ1v) is 12.6. The van der Waals surface area contributed by atoms with E-state index in [1.54, 1.807) is 30.5 Å². The lowest BCUT2D eigenvalue weighted by atomic mass is 10.0. The SMILES string of the molecule is CCC(O)c1ccc(-c2cc(C(N)=O)c(Nc3ccnc(CN4CCOC(CCO)C4)n3)s2)c(F)c1. The number of morpholine rings is 1. The van der Waals surface area contributed by atoms with Gasteiger partial charge in [0.15, 0.2) is 0 Å². The number of rotatable bonds is 10. The largest absolute Gasteiger partial charge is 0.396 e. The van der Waals surface area contributed by atoms with Crippen LogP contribution in [0.5, 0.6) is 0 Å². The number of nitrogens with one attached hydrogen (secondary N) is 1. The Morgan fingerprint density at radius 3 is 2.94 bits per heavy atom. The molecule has 1 amide bonds. The number of thiophene rings is 1. The van der Waals surface area contributed by atoms with Gasteiger partial charge in [0.1, 0.15) is 22.5 Å². The summed E-state index contributed by atoms with van der Waals surface area (Å²) in [4.78, 5) is 23.8. The Balaban J connectivity index is 1.53. The number of aliphatic hydroxyl groups is 2. The monoisotopic (exact) mass is 515 g/mol. The lowest BCUT2D eigenvalue weighted by Gasteiger charge is -2.32. The van der Waals surface area contributed by atoms with Crippen molar-refractivity contribution in [1.82, 2.24) is 14.9 Å². The molecular weight excluding hydrogens is 485 g/mol. The third-order valence-corrected chi connectivity index (χ3v) is 7.10. The van der Waals surface area contributed by atoms with Gasteiger partial charge in [-0.3, -0.25) is 9.69 Å². The van der Waals surface area contributed by atoms with Gasteiger partial charge in [-0.1, -0.05) is 19.1 Å². The fraction of sp³-hybridized carbons (Fsp3) is 0.400. The maximum absolute atomic E-state index is 14.9. The molecule has 36 heavy (non-hydrogen) atoms. The van der Waals surface area contributed by atoms with Crippen LogP contribution in [0, 0.1) is 5.82 Å². The van der Waals surface area contributed by atoms with E-state index in [9.17, 15) is 19.4 Å². The number of hydrogen-bond donors (Lipinski definition) is 4. The van der Waals surface area contributed by atoms with Gasteiger partial charge in [-0.2, -0.15) is 0 Å². The molecule has 2 unspecified atom stereocenters. The molecule has 3 aromatic rings. The van der Waals surface area contributed by atoms with Crippen molar-refractivity contribution in [3.63, 3.8) is 0 Å². The van der Waals surface area contributed by atoms with Crippen molar-refractivity contribution in [1.29, 1.82) is 0 Å². The fourth-order valence-corrected chi connectivity index (χ4v) is 5.17. The summed E-state index contributed by atoms with van der Waals surface area (Å²) in [5.74, 6) is -0.0507. The number of benzene rings is 1. The second-order valence-corrected chi connectivity index (χ2v) is 9.66. The van der Waals surface area contributed by atoms with Gasteiger partial charge in [0.05, 0.1) is 30.9 Å². The van der Waals surface area contributed by atoms with Crippen LogP contribution in [-0.2, 0) is 11.3 Å². The highest BCUT2D eigenvalue weighted by molar-refractivity contribution is 7.19. The number of primary amides is 1. The van der Waals surface area contributed by atoms with Crippen LogP contribution in [0.25, 0.3) is 10.4 Å². The summed E-state index contributed by atoms with van der Waals surface area (Å²) in [7, 11) is 0. The molecule has 1 aliphatic heterocycles. The Morgan fingerprint density at radius 2 is 2.22 bits per heavy atom. The van der Waals surface area contributed by atoms with Gasteiger partial charge in [-0.25, -0.2) is 14.4 Å². The molecule has 192 valence electrons. The summed E-state index contributed by atoms with van der Waals surface area (Å²) >= 11 is 1.19. The zero-order valence-electron chi connectivity index (χ0n) is 20.0. The van der Waals surface area contributed by atoms with Crippen molar-refractivity contribution < 1.29 is 24.1 Å². The average Bonchev–Trinajstić information content (AvgIpc) is 3.28. The summed E-state index contributed by atoms with van der Waals surface area (Å²) in [6, 6.07) is 7.83. The van der Waals surface area contributed by atoms with Gasteiger partial charge < -0.3 is 26.0 Å². The zero-order chi connectivity index (χ0) is 25.7. The molecule has 0 saturated carbocycles. The molecule has 0 aliphatic carbocycles. The predicted molar refractivity (Wildman–Crippen MR) is 136 cm³/mol. The molecule has 0 spiro atoms. The number of anilines is 2. The summed E-state index contributed by atoms with van der Waals surface area (Å²) < 4.78 is 20.5. The van der Waals surface area contributed by atoms with E-state index in [1.807, 2.05) is 6.92 Å². The lowest BCUT2D eigenvalue weighted by molar-refractivity contribution is -0.0413. The third-order valence-electron chi connectivity index (χ3n) is 6.01. The maximum Gasteiger partial charge on any atom is 0.251 e. The summed E-state index contributed by atoms with van der Waals surface area (Å²) in [6.07, 6.45) is 1.94. The quantitative estimate of drug-likeness (QED) is 0.323. The highest BCUT2D eigenvalue weighted by atomic mass is 32.1. The highest BCUT2D eigenvalue weighted by Crippen LogP contribution is 2.38. The Bertz CT molecular complexity index is 1200. The maximum atomic E-state index is 14.9. The van der Waals surface area contributed by atoms with Crippen LogP contribution in [0.1, 0.15) is 47.6 Å². The molecule has 1 aliphatic rings. The van der Waals surface area contributed by atoms with Gasteiger partial charge in [0.2, 0.25) is 0 Å². The minimum absolute atomic E-state index is 0.0209. The highest BCUT2D eigenvalue weighted by Gasteiger charge is 2.22. The van der Waals surface area contributed by atoms with Crippen molar-refractivity contribution in [2.24, 2.45) is 5.73 Å². The molecular formula is C25H30FN5O4S. The molecule has 5 N–H and O–H groups in total. The van der Waals surface area contributed by atoms with E-state index in [0.29, 0.717) is 65.2 Å². The molecule has 11 heteroatoms. The van der Waals surface area contributed by atoms with Crippen LogP contribution >= 0.6 is 11.3 Å². The first kappa shape index (κ1) is 26.1. The Kier molecular flexibility index (Phi) is 8.60. The number of nitrogens with two attached hydrogens (primary N) is 1. The van der Waals surface area contributed by atoms with Gasteiger partial charge in [0, 0.05) is 36.3 Å². The Hall–Kier alpha value is -2.96. The zero-order valence-corrected chi connectivity index (χ0v) is 20.8. The molecule has 1 fully saturated rings. The van der Waals surface area contributed by atoms with Crippen molar-refractivity contribution in [2.45, 2.75) is 38.5 Å². The predicted octanol–water partition coefficient (Wildman–Crippen LogP) is 3.21. The van der Waals surface area contributed by atoms with Gasteiger partial charge >= 0.3 is 0 Å².